The zero-order valence-corrected chi connectivity index (χ0v) is 10.2. The van der Waals surface area contributed by atoms with E-state index in [-0.39, 0.29) is 11.9 Å². The van der Waals surface area contributed by atoms with Crippen LogP contribution in [0.2, 0.25) is 0 Å². The summed E-state index contributed by atoms with van der Waals surface area (Å²) in [6.45, 7) is 1.96. The molecule has 1 aromatic heterocycles. The molecule has 0 bridgehead atoms. The Balaban J connectivity index is 2.04. The fraction of sp³-hybridized carbons (Fsp3) is 0.500. The summed E-state index contributed by atoms with van der Waals surface area (Å²) in [7, 11) is 3.83. The monoisotopic (exact) mass is 234 g/mol. The van der Waals surface area contributed by atoms with Crippen molar-refractivity contribution in [2.24, 2.45) is 0 Å². The average molecular weight is 234 g/mol. The van der Waals surface area contributed by atoms with Gasteiger partial charge in [0.15, 0.2) is 0 Å². The molecule has 1 unspecified atom stereocenters. The molecule has 0 saturated carbocycles. The van der Waals surface area contributed by atoms with Gasteiger partial charge in [-0.15, -0.1) is 0 Å². The molecular formula is C12H18N4O. The number of aromatic nitrogens is 1. The van der Waals surface area contributed by atoms with Crippen molar-refractivity contribution in [3.63, 3.8) is 0 Å². The maximum Gasteiger partial charge on any atom is 0.255 e. The lowest BCUT2D eigenvalue weighted by Crippen LogP contribution is -2.36. The van der Waals surface area contributed by atoms with Crippen LogP contribution in [0.5, 0.6) is 0 Å². The lowest BCUT2D eigenvalue weighted by atomic mass is 10.2. The van der Waals surface area contributed by atoms with Crippen molar-refractivity contribution in [3.05, 3.63) is 23.9 Å². The van der Waals surface area contributed by atoms with Crippen LogP contribution in [0.1, 0.15) is 16.8 Å². The molecule has 0 aromatic carbocycles. The summed E-state index contributed by atoms with van der Waals surface area (Å²) in [4.78, 5) is 18.4. The van der Waals surface area contributed by atoms with E-state index in [1.165, 1.54) is 0 Å². The maximum absolute atomic E-state index is 12.1. The van der Waals surface area contributed by atoms with Crippen LogP contribution >= 0.6 is 0 Å². The van der Waals surface area contributed by atoms with Gasteiger partial charge in [0.1, 0.15) is 5.82 Å². The number of rotatable bonds is 3. The first kappa shape index (κ1) is 11.9. The van der Waals surface area contributed by atoms with Crippen LogP contribution in [0.4, 0.5) is 5.82 Å². The number of nitrogens with one attached hydrogen (secondary N) is 2. The Bertz CT molecular complexity index is 407. The van der Waals surface area contributed by atoms with Crippen LogP contribution < -0.4 is 10.6 Å². The molecule has 1 amide bonds. The first-order valence-corrected chi connectivity index (χ1v) is 5.83. The zero-order chi connectivity index (χ0) is 12.3. The topological polar surface area (TPSA) is 57.3 Å². The SMILES string of the molecule is CNc1ncccc1C(=O)NC1CCN(C)C1. The van der Waals surface area contributed by atoms with E-state index in [2.05, 4.69) is 27.6 Å². The third kappa shape index (κ3) is 2.74. The van der Waals surface area contributed by atoms with Gasteiger partial charge >= 0.3 is 0 Å². The Labute approximate surface area is 101 Å². The minimum absolute atomic E-state index is 0.0530. The third-order valence-corrected chi connectivity index (χ3v) is 3.02. The second kappa shape index (κ2) is 5.14. The van der Waals surface area contributed by atoms with E-state index in [1.807, 2.05) is 0 Å². The van der Waals surface area contributed by atoms with Crippen LogP contribution in [0.3, 0.4) is 0 Å². The summed E-state index contributed by atoms with van der Waals surface area (Å²) in [6, 6.07) is 3.81. The Hall–Kier alpha value is -1.62. The average Bonchev–Trinajstić information content (AvgIpc) is 2.74. The Morgan fingerprint density at radius 1 is 1.59 bits per heavy atom. The van der Waals surface area contributed by atoms with E-state index in [1.54, 1.807) is 25.4 Å². The van der Waals surface area contributed by atoms with E-state index in [0.29, 0.717) is 11.4 Å². The summed E-state index contributed by atoms with van der Waals surface area (Å²) >= 11 is 0. The van der Waals surface area contributed by atoms with Gasteiger partial charge in [-0.1, -0.05) is 0 Å². The molecule has 0 radical (unpaired) electrons. The smallest absolute Gasteiger partial charge is 0.255 e. The second-order valence-corrected chi connectivity index (χ2v) is 4.37. The van der Waals surface area contributed by atoms with Crippen LogP contribution in [-0.2, 0) is 0 Å². The molecule has 2 rings (SSSR count). The molecule has 2 N–H and O–H groups in total. The van der Waals surface area contributed by atoms with E-state index >= 15 is 0 Å². The van der Waals surface area contributed by atoms with E-state index in [4.69, 9.17) is 0 Å². The van der Waals surface area contributed by atoms with Gasteiger partial charge in [0.05, 0.1) is 5.56 Å². The fourth-order valence-corrected chi connectivity index (χ4v) is 2.10. The van der Waals surface area contributed by atoms with Crippen LogP contribution in [0.15, 0.2) is 18.3 Å². The summed E-state index contributed by atoms with van der Waals surface area (Å²) in [5.41, 5.74) is 0.601. The van der Waals surface area contributed by atoms with Gasteiger partial charge in [-0.05, 0) is 32.1 Å². The molecule has 1 aliphatic heterocycles. The highest BCUT2D eigenvalue weighted by molar-refractivity contribution is 5.98. The molecular weight excluding hydrogens is 216 g/mol. The maximum atomic E-state index is 12.1. The predicted octanol–water partition coefficient (Wildman–Crippen LogP) is 0.557. The Kier molecular flexibility index (Phi) is 3.58. The van der Waals surface area contributed by atoms with Crippen molar-refractivity contribution >= 4 is 11.7 Å². The summed E-state index contributed by atoms with van der Waals surface area (Å²) in [5, 5.41) is 5.97. The van der Waals surface area contributed by atoms with Crippen LogP contribution in [-0.4, -0.2) is 49.0 Å². The number of nitrogens with zero attached hydrogens (tertiary/aromatic N) is 2. The minimum Gasteiger partial charge on any atom is -0.372 e. The van der Waals surface area contributed by atoms with Crippen LogP contribution in [0.25, 0.3) is 0 Å². The lowest BCUT2D eigenvalue weighted by Gasteiger charge is -2.14. The predicted molar refractivity (Wildman–Crippen MR) is 67.2 cm³/mol. The molecule has 1 atom stereocenters. The number of hydrogen-bond donors (Lipinski definition) is 2. The number of anilines is 1. The highest BCUT2D eigenvalue weighted by atomic mass is 16.1. The standard InChI is InChI=1S/C12H18N4O/c1-13-11-10(4-3-6-14-11)12(17)15-9-5-7-16(2)8-9/h3-4,6,9H,5,7-8H2,1-2H3,(H,13,14)(H,15,17). The van der Waals surface area contributed by atoms with Crippen molar-refractivity contribution in [3.8, 4) is 0 Å². The van der Waals surface area contributed by atoms with Gasteiger partial charge in [0.2, 0.25) is 0 Å². The first-order valence-electron chi connectivity index (χ1n) is 5.83. The summed E-state index contributed by atoms with van der Waals surface area (Å²) in [5.74, 6) is 0.569. The normalized spacial score (nSPS) is 20.2. The van der Waals surface area contributed by atoms with Gasteiger partial charge in [0.25, 0.3) is 5.91 Å². The molecule has 17 heavy (non-hydrogen) atoms. The van der Waals surface area contributed by atoms with E-state index in [0.717, 1.165) is 19.5 Å². The summed E-state index contributed by atoms with van der Waals surface area (Å²) < 4.78 is 0. The fourth-order valence-electron chi connectivity index (χ4n) is 2.10. The highest BCUT2D eigenvalue weighted by Crippen LogP contribution is 2.12. The Morgan fingerprint density at radius 2 is 2.41 bits per heavy atom. The molecule has 1 fully saturated rings. The molecule has 5 nitrogen and oxygen atoms in total. The van der Waals surface area contributed by atoms with Gasteiger partial charge in [-0.25, -0.2) is 4.98 Å². The van der Waals surface area contributed by atoms with E-state index in [9.17, 15) is 4.79 Å². The first-order chi connectivity index (χ1) is 8.20. The molecule has 0 aliphatic carbocycles. The molecule has 0 spiro atoms. The highest BCUT2D eigenvalue weighted by Gasteiger charge is 2.22. The van der Waals surface area contributed by atoms with Crippen molar-refractivity contribution in [2.75, 3.05) is 32.5 Å². The molecule has 92 valence electrons. The van der Waals surface area contributed by atoms with Gasteiger partial charge in [-0.3, -0.25) is 4.79 Å². The molecule has 2 heterocycles. The van der Waals surface area contributed by atoms with Gasteiger partial charge in [0, 0.05) is 25.8 Å². The molecule has 5 heteroatoms. The number of carbonyl (C=O) groups excluding carboxylic acids is 1. The number of pyridine rings is 1. The molecule has 1 saturated heterocycles. The number of amides is 1. The van der Waals surface area contributed by atoms with Crippen molar-refractivity contribution in [2.45, 2.75) is 12.5 Å². The largest absolute Gasteiger partial charge is 0.372 e. The number of carbonyl (C=O) groups is 1. The zero-order valence-electron chi connectivity index (χ0n) is 10.2. The Morgan fingerprint density at radius 3 is 3.06 bits per heavy atom. The number of hydrogen-bond acceptors (Lipinski definition) is 4. The van der Waals surface area contributed by atoms with Crippen molar-refractivity contribution < 1.29 is 4.79 Å². The number of likely N-dealkylation sites (tertiary alicyclic amines) is 1. The number of likely N-dealkylation sites (N-methyl/N-ethyl adjacent to an activating group) is 1. The van der Waals surface area contributed by atoms with Crippen molar-refractivity contribution in [1.82, 2.24) is 15.2 Å². The second-order valence-electron chi connectivity index (χ2n) is 4.37. The minimum atomic E-state index is -0.0530. The lowest BCUT2D eigenvalue weighted by molar-refractivity contribution is 0.0939. The molecule has 1 aromatic rings. The van der Waals surface area contributed by atoms with Gasteiger partial charge < -0.3 is 15.5 Å². The third-order valence-electron chi connectivity index (χ3n) is 3.02. The quantitative estimate of drug-likeness (QED) is 0.802. The van der Waals surface area contributed by atoms with Gasteiger partial charge in [-0.2, -0.15) is 0 Å². The summed E-state index contributed by atoms with van der Waals surface area (Å²) in [6.07, 6.45) is 2.68. The molecule has 1 aliphatic rings. The van der Waals surface area contributed by atoms with E-state index < -0.39 is 0 Å². The van der Waals surface area contributed by atoms with Crippen molar-refractivity contribution in [1.29, 1.82) is 0 Å². The van der Waals surface area contributed by atoms with Crippen LogP contribution in [0, 0.1) is 0 Å².